The number of nitrogens with zero attached hydrogens (tertiary/aromatic N) is 3. The molecule has 2 heterocycles. The Bertz CT molecular complexity index is 1610. The number of nitrogens with one attached hydrogen (secondary N) is 1. The maximum absolute atomic E-state index is 15.4. The number of esters is 1. The summed E-state index contributed by atoms with van der Waals surface area (Å²) in [6.45, 7) is 5.50. The summed E-state index contributed by atoms with van der Waals surface area (Å²) in [6, 6.07) is 16.6. The summed E-state index contributed by atoms with van der Waals surface area (Å²) in [5.41, 5.74) is 3.05. The number of hydrogen-bond acceptors (Lipinski definition) is 5. The maximum Gasteiger partial charge on any atom is 0.337 e. The molecule has 1 fully saturated rings. The van der Waals surface area contributed by atoms with Gasteiger partial charge in [0.05, 0.1) is 41.1 Å². The van der Waals surface area contributed by atoms with Crippen LogP contribution in [0.5, 0.6) is 0 Å². The molecule has 10 heteroatoms. The van der Waals surface area contributed by atoms with E-state index >= 15 is 4.39 Å². The highest BCUT2D eigenvalue weighted by Crippen LogP contribution is 2.42. The van der Waals surface area contributed by atoms with Crippen molar-refractivity contribution >= 4 is 51.8 Å². The van der Waals surface area contributed by atoms with Crippen molar-refractivity contribution in [1.82, 2.24) is 14.5 Å². The number of carbonyl (C=O) groups excluding carboxylic acids is 2. The van der Waals surface area contributed by atoms with E-state index in [1.54, 1.807) is 54.9 Å². The molecule has 0 spiro atoms. The molecule has 0 radical (unpaired) electrons. The van der Waals surface area contributed by atoms with E-state index in [1.807, 2.05) is 10.6 Å². The zero-order valence-corrected chi connectivity index (χ0v) is 25.2. The van der Waals surface area contributed by atoms with Crippen LogP contribution in [0.15, 0.2) is 67.0 Å². The Hall–Kier alpha value is -3.46. The third-order valence-electron chi connectivity index (χ3n) is 7.80. The number of aromatic nitrogens is 2. The van der Waals surface area contributed by atoms with E-state index in [-0.39, 0.29) is 22.9 Å². The first-order valence-electron chi connectivity index (χ1n) is 14.0. The van der Waals surface area contributed by atoms with Crippen LogP contribution < -0.4 is 5.32 Å². The minimum Gasteiger partial charge on any atom is -0.465 e. The van der Waals surface area contributed by atoms with Crippen molar-refractivity contribution in [3.63, 3.8) is 0 Å². The van der Waals surface area contributed by atoms with Crippen LogP contribution in [-0.4, -0.2) is 52.1 Å². The Labute approximate surface area is 254 Å². The summed E-state index contributed by atoms with van der Waals surface area (Å²) < 4.78 is 22.3. The highest BCUT2D eigenvalue weighted by atomic mass is 35.5. The topological polar surface area (TPSA) is 76.5 Å². The predicted molar refractivity (Wildman–Crippen MR) is 164 cm³/mol. The van der Waals surface area contributed by atoms with E-state index in [0.717, 1.165) is 5.52 Å². The highest BCUT2D eigenvalue weighted by molar-refractivity contribution is 6.31. The van der Waals surface area contributed by atoms with E-state index in [2.05, 4.69) is 29.0 Å². The van der Waals surface area contributed by atoms with Crippen molar-refractivity contribution in [2.24, 2.45) is 5.92 Å². The average molecular weight is 612 g/mol. The predicted octanol–water partition coefficient (Wildman–Crippen LogP) is 7.18. The number of imidazole rings is 1. The number of halogens is 3. The standard InChI is InChI=1S/C32H33Cl2FN4O3/c1-19(2)17-39-23(12-13-38-18-36-27-14-20(32(41)42-3)10-11-28(27)38)16-25(24-8-5-9-26(34)29(24)35)30(39)31(40)37-22-7-4-6-21(33)15-22/h4-11,14-15,18-19,23,25,30H,12-13,16-17H2,1-3H3,(H,37,40)/t23-,25?,30?/m0/s1. The van der Waals surface area contributed by atoms with E-state index in [4.69, 9.17) is 27.9 Å². The Morgan fingerprint density at radius 3 is 2.64 bits per heavy atom. The number of rotatable bonds is 9. The molecule has 7 nitrogen and oxygen atoms in total. The number of likely N-dealkylation sites (tertiary alicyclic amines) is 1. The first-order valence-corrected chi connectivity index (χ1v) is 14.7. The third-order valence-corrected chi connectivity index (χ3v) is 8.32. The molecule has 0 bridgehead atoms. The lowest BCUT2D eigenvalue weighted by Gasteiger charge is -2.32. The fraction of sp³-hybridized carbons (Fsp3) is 0.344. The van der Waals surface area contributed by atoms with E-state index < -0.39 is 23.7 Å². The van der Waals surface area contributed by atoms with Gasteiger partial charge in [-0.25, -0.2) is 14.2 Å². The first-order chi connectivity index (χ1) is 20.2. The van der Waals surface area contributed by atoms with Gasteiger partial charge in [-0.2, -0.15) is 0 Å². The smallest absolute Gasteiger partial charge is 0.337 e. The number of methoxy groups -OCH3 is 1. The highest BCUT2D eigenvalue weighted by Gasteiger charge is 2.46. The summed E-state index contributed by atoms with van der Waals surface area (Å²) in [5.74, 6) is -1.26. The summed E-state index contributed by atoms with van der Waals surface area (Å²) in [6.07, 6.45) is 3.04. The van der Waals surface area contributed by atoms with Crippen LogP contribution in [-0.2, 0) is 16.1 Å². The Morgan fingerprint density at radius 2 is 1.90 bits per heavy atom. The molecule has 4 aromatic rings. The van der Waals surface area contributed by atoms with E-state index in [0.29, 0.717) is 53.3 Å². The average Bonchev–Trinajstić information content (AvgIpc) is 3.53. The molecule has 1 N–H and O–H groups in total. The Kier molecular flexibility index (Phi) is 9.16. The number of aryl methyl sites for hydroxylation is 1. The summed E-state index contributed by atoms with van der Waals surface area (Å²) in [5, 5.41) is 3.57. The van der Waals surface area contributed by atoms with Crippen molar-refractivity contribution in [2.45, 2.75) is 51.2 Å². The monoisotopic (exact) mass is 610 g/mol. The number of anilines is 1. The van der Waals surface area contributed by atoms with Gasteiger partial charge in [-0.15, -0.1) is 0 Å². The molecule has 0 aliphatic carbocycles. The van der Waals surface area contributed by atoms with Crippen LogP contribution in [0.25, 0.3) is 11.0 Å². The van der Waals surface area contributed by atoms with Gasteiger partial charge in [0.15, 0.2) is 0 Å². The molecule has 2 unspecified atom stereocenters. The summed E-state index contributed by atoms with van der Waals surface area (Å²) in [4.78, 5) is 32.6. The van der Waals surface area contributed by atoms with Gasteiger partial charge in [0, 0.05) is 35.8 Å². The zero-order valence-electron chi connectivity index (χ0n) is 23.7. The molecule has 3 atom stereocenters. The molecule has 1 amide bonds. The molecule has 1 saturated heterocycles. The number of amides is 1. The first kappa shape index (κ1) is 30.0. The number of hydrogen-bond donors (Lipinski definition) is 1. The fourth-order valence-electron chi connectivity index (χ4n) is 5.98. The molecule has 1 aliphatic heterocycles. The van der Waals surface area contributed by atoms with E-state index in [1.165, 1.54) is 13.2 Å². The largest absolute Gasteiger partial charge is 0.465 e. The molecule has 0 saturated carbocycles. The van der Waals surface area contributed by atoms with Crippen molar-refractivity contribution in [2.75, 3.05) is 19.0 Å². The van der Waals surface area contributed by atoms with Gasteiger partial charge in [-0.05, 0) is 66.8 Å². The number of benzene rings is 3. The molecular weight excluding hydrogens is 578 g/mol. The molecule has 1 aliphatic rings. The second-order valence-corrected chi connectivity index (χ2v) is 11.9. The van der Waals surface area contributed by atoms with Crippen LogP contribution in [0.4, 0.5) is 10.1 Å². The van der Waals surface area contributed by atoms with Crippen molar-refractivity contribution in [3.8, 4) is 0 Å². The lowest BCUT2D eigenvalue weighted by atomic mass is 9.89. The molecule has 3 aromatic carbocycles. The molecule has 220 valence electrons. The van der Waals surface area contributed by atoms with Crippen LogP contribution >= 0.6 is 23.2 Å². The quantitative estimate of drug-likeness (QED) is 0.203. The minimum absolute atomic E-state index is 0.0160. The van der Waals surface area contributed by atoms with Crippen molar-refractivity contribution in [1.29, 1.82) is 0 Å². The summed E-state index contributed by atoms with van der Waals surface area (Å²) >= 11 is 12.4. The molecular formula is C32H33Cl2FN4O3. The normalized spacial score (nSPS) is 19.0. The van der Waals surface area contributed by atoms with Crippen LogP contribution in [0, 0.1) is 11.7 Å². The lowest BCUT2D eigenvalue weighted by Crippen LogP contribution is -2.47. The molecule has 5 rings (SSSR count). The van der Waals surface area contributed by atoms with E-state index in [9.17, 15) is 9.59 Å². The van der Waals surface area contributed by atoms with Gasteiger partial charge in [-0.3, -0.25) is 9.69 Å². The lowest BCUT2D eigenvalue weighted by molar-refractivity contribution is -0.121. The van der Waals surface area contributed by atoms with Crippen molar-refractivity contribution in [3.05, 3.63) is 94.0 Å². The fourth-order valence-corrected chi connectivity index (χ4v) is 6.35. The SMILES string of the molecule is COC(=O)c1ccc2c(c1)ncn2CC[C@H]1CC(c2cccc(Cl)c2F)C(C(=O)Nc2cccc(Cl)c2)N1CC(C)C. The zero-order chi connectivity index (χ0) is 30.0. The number of fused-ring (bicyclic) bond motifs is 1. The van der Waals surface area contributed by atoms with Gasteiger partial charge in [-0.1, -0.05) is 55.2 Å². The summed E-state index contributed by atoms with van der Waals surface area (Å²) in [7, 11) is 1.35. The number of carbonyl (C=O) groups is 2. The van der Waals surface area contributed by atoms with Gasteiger partial charge >= 0.3 is 5.97 Å². The van der Waals surface area contributed by atoms with Gasteiger partial charge in [0.1, 0.15) is 5.82 Å². The van der Waals surface area contributed by atoms with Crippen molar-refractivity contribution < 1.29 is 18.7 Å². The van der Waals surface area contributed by atoms with Gasteiger partial charge in [0.25, 0.3) is 0 Å². The number of ether oxygens (including phenoxy) is 1. The second-order valence-electron chi connectivity index (χ2n) is 11.1. The van der Waals surface area contributed by atoms with Crippen LogP contribution in [0.1, 0.15) is 48.5 Å². The Morgan fingerprint density at radius 1 is 1.12 bits per heavy atom. The maximum atomic E-state index is 15.4. The van der Waals surface area contributed by atoms with Gasteiger partial charge < -0.3 is 14.6 Å². The van der Waals surface area contributed by atoms with Crippen LogP contribution in [0.3, 0.4) is 0 Å². The second kappa shape index (κ2) is 12.8. The third kappa shape index (κ3) is 6.31. The molecule has 42 heavy (non-hydrogen) atoms. The minimum atomic E-state index is -0.619. The van der Waals surface area contributed by atoms with Gasteiger partial charge in [0.2, 0.25) is 5.91 Å². The Balaban J connectivity index is 1.46. The van der Waals surface area contributed by atoms with Crippen LogP contribution in [0.2, 0.25) is 10.0 Å². The molecule has 1 aromatic heterocycles.